The molecule has 8 heteroatoms. The largest absolute Gasteiger partial charge is 0.381 e. The molecular weight excluding hydrogens is 372 g/mol. The van der Waals surface area contributed by atoms with Gasteiger partial charge in [-0.1, -0.05) is 12.1 Å². The molecule has 1 unspecified atom stereocenters. The molecule has 0 aromatic heterocycles. The number of hydrogen-bond donors (Lipinski definition) is 3. The molecule has 3 aliphatic rings. The van der Waals surface area contributed by atoms with Crippen molar-refractivity contribution in [2.45, 2.75) is 44.8 Å². The van der Waals surface area contributed by atoms with Gasteiger partial charge in [-0.25, -0.2) is 0 Å². The average molecular weight is 400 g/mol. The number of fused-ring (bicyclic) bond motifs is 1. The molecule has 1 atom stereocenters. The fourth-order valence-electron chi connectivity index (χ4n) is 4.44. The fraction of sp³-hybridized carbons (Fsp3) is 0.571. The van der Waals surface area contributed by atoms with E-state index in [9.17, 15) is 14.4 Å². The Morgan fingerprint density at radius 3 is 2.76 bits per heavy atom. The van der Waals surface area contributed by atoms with Crippen LogP contribution in [0, 0.1) is 5.41 Å². The zero-order valence-corrected chi connectivity index (χ0v) is 16.5. The molecule has 8 nitrogen and oxygen atoms in total. The number of nitrogens with one attached hydrogen (secondary N) is 2. The molecule has 2 fully saturated rings. The second-order valence-electron chi connectivity index (χ2n) is 8.31. The molecule has 3 amide bonds. The van der Waals surface area contributed by atoms with Crippen LogP contribution in [0.25, 0.3) is 0 Å². The van der Waals surface area contributed by atoms with E-state index >= 15 is 0 Å². The van der Waals surface area contributed by atoms with Crippen LogP contribution in [0.3, 0.4) is 0 Å². The third kappa shape index (κ3) is 4.05. The number of hydrogen-bond acceptors (Lipinski definition) is 6. The highest BCUT2D eigenvalue weighted by Crippen LogP contribution is 2.30. The molecule has 29 heavy (non-hydrogen) atoms. The smallest absolute Gasteiger partial charge is 0.255 e. The van der Waals surface area contributed by atoms with E-state index in [4.69, 9.17) is 10.5 Å². The van der Waals surface area contributed by atoms with Crippen molar-refractivity contribution in [3.8, 4) is 0 Å². The van der Waals surface area contributed by atoms with E-state index in [1.807, 2.05) is 18.2 Å². The number of carbonyl (C=O) groups excluding carboxylic acids is 3. The Kier molecular flexibility index (Phi) is 5.67. The topological polar surface area (TPSA) is 114 Å². The Morgan fingerprint density at radius 2 is 2.03 bits per heavy atom. The summed E-state index contributed by atoms with van der Waals surface area (Å²) in [5, 5.41) is 5.83. The quantitative estimate of drug-likeness (QED) is 0.592. The second-order valence-corrected chi connectivity index (χ2v) is 8.31. The van der Waals surface area contributed by atoms with Crippen molar-refractivity contribution in [2.75, 3.05) is 26.3 Å². The minimum Gasteiger partial charge on any atom is -0.381 e. The highest BCUT2D eigenvalue weighted by atomic mass is 16.5. The number of rotatable bonds is 6. The van der Waals surface area contributed by atoms with Crippen LogP contribution in [0.4, 0.5) is 0 Å². The summed E-state index contributed by atoms with van der Waals surface area (Å²) in [7, 11) is 0. The molecule has 3 heterocycles. The van der Waals surface area contributed by atoms with Crippen LogP contribution in [0.1, 0.15) is 47.2 Å². The summed E-state index contributed by atoms with van der Waals surface area (Å²) in [4.78, 5) is 38.0. The number of nitrogens with zero attached hydrogens (tertiary/aromatic N) is 1. The SMILES string of the molecule is NCC1(CNCc2ccc3c(c2)C(=O)N(C2CCC(=O)NC2=O)C3)CCOCC1. The first-order chi connectivity index (χ1) is 14.0. The van der Waals surface area contributed by atoms with Gasteiger partial charge in [-0.3, -0.25) is 19.7 Å². The molecule has 3 aliphatic heterocycles. The zero-order valence-electron chi connectivity index (χ0n) is 16.5. The lowest BCUT2D eigenvalue weighted by Gasteiger charge is -2.36. The number of carbonyl (C=O) groups is 3. The monoisotopic (exact) mass is 400 g/mol. The Balaban J connectivity index is 1.39. The van der Waals surface area contributed by atoms with E-state index in [-0.39, 0.29) is 29.6 Å². The molecule has 2 saturated heterocycles. The van der Waals surface area contributed by atoms with Crippen molar-refractivity contribution in [3.05, 3.63) is 34.9 Å². The zero-order chi connectivity index (χ0) is 20.4. The Hall–Kier alpha value is -2.29. The van der Waals surface area contributed by atoms with Gasteiger partial charge >= 0.3 is 0 Å². The summed E-state index contributed by atoms with van der Waals surface area (Å²) in [5.74, 6) is -0.796. The van der Waals surface area contributed by atoms with Gasteiger partial charge in [0.1, 0.15) is 6.04 Å². The first kappa shape index (κ1) is 20.0. The second kappa shape index (κ2) is 8.22. The summed E-state index contributed by atoms with van der Waals surface area (Å²) in [6.45, 7) is 4.02. The highest BCUT2D eigenvalue weighted by Gasteiger charge is 2.39. The number of ether oxygens (including phenoxy) is 1. The maximum atomic E-state index is 12.9. The van der Waals surface area contributed by atoms with E-state index < -0.39 is 6.04 Å². The van der Waals surface area contributed by atoms with Crippen LogP contribution in [-0.2, 0) is 27.4 Å². The lowest BCUT2D eigenvalue weighted by atomic mass is 9.80. The molecular formula is C21H28N4O4. The van der Waals surface area contributed by atoms with Crippen molar-refractivity contribution < 1.29 is 19.1 Å². The van der Waals surface area contributed by atoms with Crippen molar-refractivity contribution >= 4 is 17.7 Å². The minimum atomic E-state index is -0.577. The Bertz CT molecular complexity index is 819. The van der Waals surface area contributed by atoms with E-state index in [2.05, 4.69) is 10.6 Å². The fourth-order valence-corrected chi connectivity index (χ4v) is 4.44. The summed E-state index contributed by atoms with van der Waals surface area (Å²) >= 11 is 0. The molecule has 0 aliphatic carbocycles. The molecule has 1 aromatic carbocycles. The number of amides is 3. The maximum absolute atomic E-state index is 12.9. The molecule has 156 valence electrons. The van der Waals surface area contributed by atoms with Gasteiger partial charge in [0, 0.05) is 44.8 Å². The molecule has 0 saturated carbocycles. The lowest BCUT2D eigenvalue weighted by Crippen LogP contribution is -2.52. The normalized spacial score (nSPS) is 23.8. The van der Waals surface area contributed by atoms with Gasteiger partial charge in [0.15, 0.2) is 0 Å². The molecule has 4 N–H and O–H groups in total. The van der Waals surface area contributed by atoms with Gasteiger partial charge < -0.3 is 20.7 Å². The van der Waals surface area contributed by atoms with Crippen LogP contribution in [0.2, 0.25) is 0 Å². The maximum Gasteiger partial charge on any atom is 0.255 e. The predicted molar refractivity (Wildman–Crippen MR) is 106 cm³/mol. The average Bonchev–Trinajstić information content (AvgIpc) is 3.05. The third-order valence-electron chi connectivity index (χ3n) is 6.41. The van der Waals surface area contributed by atoms with Crippen molar-refractivity contribution in [1.82, 2.24) is 15.5 Å². The molecule has 4 rings (SSSR count). The summed E-state index contributed by atoms with van der Waals surface area (Å²) < 4.78 is 5.45. The van der Waals surface area contributed by atoms with Crippen LogP contribution in [-0.4, -0.2) is 55.0 Å². The Morgan fingerprint density at radius 1 is 1.24 bits per heavy atom. The summed E-state index contributed by atoms with van der Waals surface area (Å²) in [5.41, 5.74) is 8.69. The predicted octanol–water partition coefficient (Wildman–Crippen LogP) is 0.293. The van der Waals surface area contributed by atoms with Crippen molar-refractivity contribution in [3.63, 3.8) is 0 Å². The number of nitrogens with two attached hydrogens (primary N) is 1. The van der Waals surface area contributed by atoms with Gasteiger partial charge in [0.05, 0.1) is 0 Å². The van der Waals surface area contributed by atoms with Crippen molar-refractivity contribution in [1.29, 1.82) is 0 Å². The van der Waals surface area contributed by atoms with Gasteiger partial charge in [-0.2, -0.15) is 0 Å². The Labute approximate surface area is 170 Å². The third-order valence-corrected chi connectivity index (χ3v) is 6.41. The minimum absolute atomic E-state index is 0.0768. The van der Waals surface area contributed by atoms with Crippen LogP contribution < -0.4 is 16.4 Å². The summed E-state index contributed by atoms with van der Waals surface area (Å²) in [6, 6.07) is 5.32. The first-order valence-corrected chi connectivity index (χ1v) is 10.3. The first-order valence-electron chi connectivity index (χ1n) is 10.3. The number of imide groups is 1. The van der Waals surface area contributed by atoms with E-state index in [1.54, 1.807) is 4.90 Å². The highest BCUT2D eigenvalue weighted by molar-refractivity contribution is 6.05. The van der Waals surface area contributed by atoms with Gasteiger partial charge in [0.25, 0.3) is 5.91 Å². The molecule has 0 bridgehead atoms. The van der Waals surface area contributed by atoms with Crippen LogP contribution >= 0.6 is 0 Å². The van der Waals surface area contributed by atoms with E-state index in [1.165, 1.54) is 0 Å². The van der Waals surface area contributed by atoms with Gasteiger partial charge in [0.2, 0.25) is 11.8 Å². The van der Waals surface area contributed by atoms with E-state index in [0.717, 1.165) is 43.7 Å². The number of benzene rings is 1. The number of piperidine rings is 1. The van der Waals surface area contributed by atoms with E-state index in [0.29, 0.717) is 31.6 Å². The van der Waals surface area contributed by atoms with Crippen LogP contribution in [0.5, 0.6) is 0 Å². The molecule has 0 spiro atoms. The van der Waals surface area contributed by atoms with Crippen LogP contribution in [0.15, 0.2) is 18.2 Å². The molecule has 0 radical (unpaired) electrons. The van der Waals surface area contributed by atoms with Gasteiger partial charge in [-0.05, 0) is 48.4 Å². The van der Waals surface area contributed by atoms with Crippen molar-refractivity contribution in [2.24, 2.45) is 11.1 Å². The molecule has 1 aromatic rings. The standard InChI is InChI=1S/C21H28N4O4/c22-12-21(5-7-29-8-6-21)13-23-10-14-1-2-15-11-25(20(28)16(15)9-14)17-3-4-18(26)24-19(17)27/h1-2,9,17,23H,3-8,10-13,22H2,(H,24,26,27). The van der Waals surface area contributed by atoms with Gasteiger partial charge in [-0.15, -0.1) is 0 Å². The lowest BCUT2D eigenvalue weighted by molar-refractivity contribution is -0.136. The summed E-state index contributed by atoms with van der Waals surface area (Å²) in [6.07, 6.45) is 2.56.